The second-order valence-corrected chi connectivity index (χ2v) is 7.81. The average molecular weight is 377 g/mol. The van der Waals surface area contributed by atoms with Crippen LogP contribution in [0, 0.1) is 0 Å². The predicted molar refractivity (Wildman–Crippen MR) is 102 cm³/mol. The van der Waals surface area contributed by atoms with Gasteiger partial charge in [0.2, 0.25) is 5.91 Å². The van der Waals surface area contributed by atoms with Crippen molar-refractivity contribution < 1.29 is 9.53 Å². The summed E-state index contributed by atoms with van der Waals surface area (Å²) in [7, 11) is 1.65. The van der Waals surface area contributed by atoms with Crippen LogP contribution in [0.15, 0.2) is 52.1 Å². The van der Waals surface area contributed by atoms with Crippen molar-refractivity contribution in [2.45, 2.75) is 11.3 Å². The zero-order chi connectivity index (χ0) is 16.8. The largest absolute Gasteiger partial charge is 0.497 e. The Labute approximate surface area is 152 Å². The number of nitrogens with zero attached hydrogens (tertiary/aromatic N) is 1. The Hall–Kier alpha value is -1.83. The number of methoxy groups -OCH3 is 1. The lowest BCUT2D eigenvalue weighted by Crippen LogP contribution is -2.11. The molecule has 0 aliphatic heterocycles. The molecule has 0 atom stereocenters. The number of nitrogens with one attached hydrogen (secondary N) is 1. The van der Waals surface area contributed by atoms with Crippen LogP contribution in [0.5, 0.6) is 5.75 Å². The van der Waals surface area contributed by atoms with Gasteiger partial charge in [0, 0.05) is 22.4 Å². The standard InChI is InChI=1S/C17H16N2O2S3/c1-21-12-4-6-13(7-5-12)22-10-8-16(20)19-17-18-14(11-24-17)15-3-2-9-23-15/h2-7,9,11H,8,10H2,1H3,(H,18,19,20). The third-order valence-electron chi connectivity index (χ3n) is 3.18. The second kappa shape index (κ2) is 8.32. The third kappa shape index (κ3) is 4.59. The van der Waals surface area contributed by atoms with Crippen molar-refractivity contribution in [3.8, 4) is 16.3 Å². The lowest BCUT2D eigenvalue weighted by atomic mass is 10.3. The number of thiazole rings is 1. The number of rotatable bonds is 7. The van der Waals surface area contributed by atoms with Crippen molar-refractivity contribution in [1.29, 1.82) is 0 Å². The summed E-state index contributed by atoms with van der Waals surface area (Å²) in [6, 6.07) is 11.9. The molecule has 0 saturated heterocycles. The van der Waals surface area contributed by atoms with Gasteiger partial charge in [0.1, 0.15) is 5.75 Å². The van der Waals surface area contributed by atoms with Crippen LogP contribution in [-0.4, -0.2) is 23.8 Å². The monoisotopic (exact) mass is 376 g/mol. The number of anilines is 1. The van der Waals surface area contributed by atoms with E-state index in [1.54, 1.807) is 30.2 Å². The molecule has 0 saturated carbocycles. The number of benzene rings is 1. The van der Waals surface area contributed by atoms with Gasteiger partial charge in [-0.1, -0.05) is 6.07 Å². The Bertz CT molecular complexity index is 783. The molecular formula is C17H16N2O2S3. The van der Waals surface area contributed by atoms with E-state index in [0.717, 1.165) is 27.0 Å². The Kier molecular flexibility index (Phi) is 5.90. The van der Waals surface area contributed by atoms with Crippen molar-refractivity contribution in [3.05, 3.63) is 47.2 Å². The van der Waals surface area contributed by atoms with E-state index in [2.05, 4.69) is 10.3 Å². The molecule has 0 fully saturated rings. The number of carbonyl (C=O) groups excluding carboxylic acids is 1. The third-order valence-corrected chi connectivity index (χ3v) is 5.85. The van der Waals surface area contributed by atoms with Crippen LogP contribution in [-0.2, 0) is 4.79 Å². The van der Waals surface area contributed by atoms with Gasteiger partial charge in [-0.05, 0) is 35.7 Å². The van der Waals surface area contributed by atoms with E-state index >= 15 is 0 Å². The van der Waals surface area contributed by atoms with Gasteiger partial charge in [-0.3, -0.25) is 4.79 Å². The smallest absolute Gasteiger partial charge is 0.226 e. The molecule has 1 N–H and O–H groups in total. The van der Waals surface area contributed by atoms with Crippen LogP contribution in [0.3, 0.4) is 0 Å². The SMILES string of the molecule is COc1ccc(SCCC(=O)Nc2nc(-c3cccs3)cs2)cc1. The number of thioether (sulfide) groups is 1. The van der Waals surface area contributed by atoms with Gasteiger partial charge in [0.15, 0.2) is 5.13 Å². The fraction of sp³-hybridized carbons (Fsp3) is 0.176. The van der Waals surface area contributed by atoms with E-state index in [1.165, 1.54) is 11.3 Å². The summed E-state index contributed by atoms with van der Waals surface area (Å²) in [6.07, 6.45) is 0.449. The summed E-state index contributed by atoms with van der Waals surface area (Å²) in [5.74, 6) is 1.55. The van der Waals surface area contributed by atoms with E-state index in [9.17, 15) is 4.79 Å². The van der Waals surface area contributed by atoms with Gasteiger partial charge >= 0.3 is 0 Å². The number of aromatic nitrogens is 1. The quantitative estimate of drug-likeness (QED) is 0.590. The van der Waals surface area contributed by atoms with Gasteiger partial charge < -0.3 is 10.1 Å². The fourth-order valence-electron chi connectivity index (χ4n) is 1.98. The number of thiophene rings is 1. The van der Waals surface area contributed by atoms with Crippen LogP contribution in [0.4, 0.5) is 5.13 Å². The molecule has 0 aliphatic carbocycles. The van der Waals surface area contributed by atoms with Gasteiger partial charge in [0.05, 0.1) is 17.7 Å². The van der Waals surface area contributed by atoms with E-state index in [0.29, 0.717) is 11.6 Å². The summed E-state index contributed by atoms with van der Waals surface area (Å²) in [5, 5.41) is 7.50. The summed E-state index contributed by atoms with van der Waals surface area (Å²) >= 11 is 4.74. The summed E-state index contributed by atoms with van der Waals surface area (Å²) in [4.78, 5) is 18.7. The topological polar surface area (TPSA) is 51.2 Å². The molecule has 4 nitrogen and oxygen atoms in total. The zero-order valence-corrected chi connectivity index (χ0v) is 15.5. The number of ether oxygens (including phenoxy) is 1. The minimum atomic E-state index is -0.0110. The molecule has 24 heavy (non-hydrogen) atoms. The van der Waals surface area contributed by atoms with Crippen molar-refractivity contribution in [2.24, 2.45) is 0 Å². The average Bonchev–Trinajstić information content (AvgIpc) is 3.27. The number of amides is 1. The second-order valence-electron chi connectivity index (χ2n) is 4.84. The Morgan fingerprint density at radius 3 is 2.79 bits per heavy atom. The molecule has 2 aromatic heterocycles. The van der Waals surface area contributed by atoms with Gasteiger partial charge in [-0.25, -0.2) is 4.98 Å². The summed E-state index contributed by atoms with van der Waals surface area (Å²) in [6.45, 7) is 0. The highest BCUT2D eigenvalue weighted by atomic mass is 32.2. The van der Waals surface area contributed by atoms with E-state index in [1.807, 2.05) is 47.2 Å². The summed E-state index contributed by atoms with van der Waals surface area (Å²) in [5.41, 5.74) is 0.915. The van der Waals surface area contributed by atoms with Crippen molar-refractivity contribution in [2.75, 3.05) is 18.2 Å². The fourth-order valence-corrected chi connectivity index (χ4v) is 4.32. The Balaban J connectivity index is 1.45. The molecule has 0 radical (unpaired) electrons. The van der Waals surface area contributed by atoms with Gasteiger partial charge in [0.25, 0.3) is 0 Å². The number of hydrogen-bond donors (Lipinski definition) is 1. The molecule has 2 heterocycles. The molecule has 1 aromatic carbocycles. The van der Waals surface area contributed by atoms with Gasteiger partial charge in [-0.15, -0.1) is 34.4 Å². The molecule has 3 aromatic rings. The van der Waals surface area contributed by atoms with Crippen LogP contribution in [0.1, 0.15) is 6.42 Å². The molecule has 0 aliphatic rings. The van der Waals surface area contributed by atoms with Crippen molar-refractivity contribution >= 4 is 45.5 Å². The van der Waals surface area contributed by atoms with Crippen molar-refractivity contribution in [3.63, 3.8) is 0 Å². The maximum absolute atomic E-state index is 12.0. The van der Waals surface area contributed by atoms with E-state index in [4.69, 9.17) is 4.74 Å². The lowest BCUT2D eigenvalue weighted by molar-refractivity contribution is -0.115. The predicted octanol–water partition coefficient (Wildman–Crippen LogP) is 5.00. The van der Waals surface area contributed by atoms with Crippen molar-refractivity contribution in [1.82, 2.24) is 4.98 Å². The summed E-state index contributed by atoms with van der Waals surface area (Å²) < 4.78 is 5.13. The molecule has 0 spiro atoms. The van der Waals surface area contributed by atoms with Gasteiger partial charge in [-0.2, -0.15) is 0 Å². The van der Waals surface area contributed by atoms with Crippen LogP contribution >= 0.6 is 34.4 Å². The minimum absolute atomic E-state index is 0.0110. The first-order chi connectivity index (χ1) is 11.7. The molecular weight excluding hydrogens is 360 g/mol. The number of hydrogen-bond acceptors (Lipinski definition) is 6. The Morgan fingerprint density at radius 2 is 2.08 bits per heavy atom. The first kappa shape index (κ1) is 17.0. The molecule has 0 unspecified atom stereocenters. The van der Waals surface area contributed by atoms with Crippen LogP contribution in [0.2, 0.25) is 0 Å². The number of carbonyl (C=O) groups is 1. The first-order valence-corrected chi connectivity index (χ1v) is 10.1. The molecule has 3 rings (SSSR count). The Morgan fingerprint density at radius 1 is 1.25 bits per heavy atom. The molecule has 124 valence electrons. The van der Waals surface area contributed by atoms with E-state index in [-0.39, 0.29) is 5.91 Å². The molecule has 1 amide bonds. The highest BCUT2D eigenvalue weighted by molar-refractivity contribution is 7.99. The van der Waals surface area contributed by atoms with Crippen LogP contribution in [0.25, 0.3) is 10.6 Å². The minimum Gasteiger partial charge on any atom is -0.497 e. The maximum atomic E-state index is 12.0. The zero-order valence-electron chi connectivity index (χ0n) is 13.0. The highest BCUT2D eigenvalue weighted by Crippen LogP contribution is 2.28. The molecule has 0 bridgehead atoms. The van der Waals surface area contributed by atoms with Crippen LogP contribution < -0.4 is 10.1 Å². The lowest BCUT2D eigenvalue weighted by Gasteiger charge is -2.04. The first-order valence-electron chi connectivity index (χ1n) is 7.31. The highest BCUT2D eigenvalue weighted by Gasteiger charge is 2.09. The van der Waals surface area contributed by atoms with E-state index < -0.39 is 0 Å². The normalized spacial score (nSPS) is 10.5. The molecule has 7 heteroatoms. The maximum Gasteiger partial charge on any atom is 0.226 e.